The van der Waals surface area contributed by atoms with Gasteiger partial charge in [0.15, 0.2) is 0 Å². The first-order chi connectivity index (χ1) is 9.61. The van der Waals surface area contributed by atoms with E-state index in [0.29, 0.717) is 16.5 Å². The zero-order valence-corrected chi connectivity index (χ0v) is 11.4. The molecular formula is C14H11ClN4O. The standard InChI is InChI=1S/C14H11ClN4O/c1-7-11-12(8-2-4-9(15)5-3-8)10(6-16)13(17)20-14(11)19-18-7/h2-5,12H,17H2,1H3,(H,18,19)/t12-/m0/s1. The monoisotopic (exact) mass is 286 g/mol. The number of halogens is 1. The number of fused-ring (bicyclic) bond motifs is 1. The van der Waals surface area contributed by atoms with E-state index in [9.17, 15) is 5.26 Å². The molecule has 100 valence electrons. The molecule has 1 aromatic heterocycles. The Balaban J connectivity index is 2.22. The van der Waals surface area contributed by atoms with Crippen molar-refractivity contribution in [3.8, 4) is 11.9 Å². The number of benzene rings is 1. The van der Waals surface area contributed by atoms with Crippen LogP contribution >= 0.6 is 11.6 Å². The highest BCUT2D eigenvalue weighted by molar-refractivity contribution is 6.30. The molecule has 0 bridgehead atoms. The van der Waals surface area contributed by atoms with Gasteiger partial charge in [-0.3, -0.25) is 5.10 Å². The number of rotatable bonds is 1. The van der Waals surface area contributed by atoms with Gasteiger partial charge in [0.2, 0.25) is 11.8 Å². The molecule has 3 N–H and O–H groups in total. The van der Waals surface area contributed by atoms with Gasteiger partial charge in [-0.1, -0.05) is 23.7 Å². The number of allylic oxidation sites excluding steroid dienone is 1. The number of aromatic amines is 1. The van der Waals surface area contributed by atoms with Gasteiger partial charge >= 0.3 is 0 Å². The summed E-state index contributed by atoms with van der Waals surface area (Å²) in [6.07, 6.45) is 0. The Morgan fingerprint density at radius 2 is 2.10 bits per heavy atom. The lowest BCUT2D eigenvalue weighted by Gasteiger charge is -2.23. The van der Waals surface area contributed by atoms with Gasteiger partial charge in [0, 0.05) is 16.3 Å². The lowest BCUT2D eigenvalue weighted by Crippen LogP contribution is -2.21. The summed E-state index contributed by atoms with van der Waals surface area (Å²) in [5.74, 6) is 0.213. The summed E-state index contributed by atoms with van der Waals surface area (Å²) in [6.45, 7) is 1.88. The predicted octanol–water partition coefficient (Wildman–Crippen LogP) is 2.59. The fourth-order valence-electron chi connectivity index (χ4n) is 2.39. The summed E-state index contributed by atoms with van der Waals surface area (Å²) < 4.78 is 5.40. The molecule has 2 heterocycles. The van der Waals surface area contributed by atoms with Crippen molar-refractivity contribution in [1.82, 2.24) is 10.2 Å². The average molecular weight is 287 g/mol. The van der Waals surface area contributed by atoms with Crippen LogP contribution in [0.25, 0.3) is 0 Å². The minimum atomic E-state index is -0.292. The van der Waals surface area contributed by atoms with Gasteiger partial charge in [0.25, 0.3) is 0 Å². The molecular weight excluding hydrogens is 276 g/mol. The van der Waals surface area contributed by atoms with Crippen LogP contribution in [0.1, 0.15) is 22.7 Å². The molecule has 0 fully saturated rings. The van der Waals surface area contributed by atoms with Crippen LogP contribution in [0.2, 0.25) is 5.02 Å². The number of aromatic nitrogens is 2. The van der Waals surface area contributed by atoms with Crippen molar-refractivity contribution in [2.24, 2.45) is 5.73 Å². The topological polar surface area (TPSA) is 87.7 Å². The summed E-state index contributed by atoms with van der Waals surface area (Å²) in [6, 6.07) is 9.45. The number of nitrogens with one attached hydrogen (secondary N) is 1. The Kier molecular flexibility index (Phi) is 2.88. The fourth-order valence-corrected chi connectivity index (χ4v) is 2.51. The second-order valence-corrected chi connectivity index (χ2v) is 4.98. The minimum absolute atomic E-state index is 0.0893. The van der Waals surface area contributed by atoms with Gasteiger partial charge < -0.3 is 10.5 Å². The van der Waals surface area contributed by atoms with E-state index < -0.39 is 0 Å². The molecule has 0 aliphatic carbocycles. The number of nitrogens with two attached hydrogens (primary N) is 1. The van der Waals surface area contributed by atoms with Crippen LogP contribution in [-0.2, 0) is 0 Å². The number of nitrogens with zero attached hydrogens (tertiary/aromatic N) is 2. The number of H-pyrrole nitrogens is 1. The average Bonchev–Trinajstić information content (AvgIpc) is 2.79. The van der Waals surface area contributed by atoms with E-state index in [4.69, 9.17) is 22.1 Å². The van der Waals surface area contributed by atoms with E-state index in [-0.39, 0.29) is 11.8 Å². The first-order valence-electron chi connectivity index (χ1n) is 5.99. The van der Waals surface area contributed by atoms with Crippen LogP contribution in [0, 0.1) is 18.3 Å². The zero-order valence-electron chi connectivity index (χ0n) is 10.6. The molecule has 0 saturated heterocycles. The minimum Gasteiger partial charge on any atom is -0.420 e. The summed E-state index contributed by atoms with van der Waals surface area (Å²) in [7, 11) is 0. The summed E-state index contributed by atoms with van der Waals surface area (Å²) >= 11 is 5.91. The molecule has 1 aliphatic heterocycles. The maximum Gasteiger partial charge on any atom is 0.244 e. The van der Waals surface area contributed by atoms with E-state index in [1.165, 1.54) is 0 Å². The van der Waals surface area contributed by atoms with Gasteiger partial charge in [-0.25, -0.2) is 0 Å². The number of nitriles is 1. The van der Waals surface area contributed by atoms with Crippen molar-refractivity contribution in [2.45, 2.75) is 12.8 Å². The third-order valence-corrected chi connectivity index (χ3v) is 3.58. The Bertz CT molecular complexity index is 740. The lowest BCUT2D eigenvalue weighted by atomic mass is 9.84. The summed E-state index contributed by atoms with van der Waals surface area (Å²) in [4.78, 5) is 0. The Morgan fingerprint density at radius 3 is 2.75 bits per heavy atom. The molecule has 2 aromatic rings. The molecule has 0 spiro atoms. The van der Waals surface area contributed by atoms with Crippen LogP contribution in [0.4, 0.5) is 0 Å². The molecule has 0 radical (unpaired) electrons. The van der Waals surface area contributed by atoms with E-state index in [0.717, 1.165) is 16.8 Å². The van der Waals surface area contributed by atoms with Crippen LogP contribution < -0.4 is 10.5 Å². The highest BCUT2D eigenvalue weighted by Crippen LogP contribution is 2.42. The lowest BCUT2D eigenvalue weighted by molar-refractivity contribution is 0.379. The van der Waals surface area contributed by atoms with E-state index in [2.05, 4.69) is 16.3 Å². The van der Waals surface area contributed by atoms with Crippen molar-refractivity contribution >= 4 is 11.6 Å². The Labute approximate surface area is 120 Å². The summed E-state index contributed by atoms with van der Waals surface area (Å²) in [5, 5.41) is 17.0. The van der Waals surface area contributed by atoms with Crippen molar-refractivity contribution < 1.29 is 4.74 Å². The molecule has 1 aromatic carbocycles. The maximum absolute atomic E-state index is 9.38. The maximum atomic E-state index is 9.38. The molecule has 1 atom stereocenters. The SMILES string of the molecule is Cc1[nH]nc2c1[C@@H](c1ccc(Cl)cc1)C(C#N)=C(N)O2. The first kappa shape index (κ1) is 12.6. The highest BCUT2D eigenvalue weighted by atomic mass is 35.5. The third-order valence-electron chi connectivity index (χ3n) is 3.33. The predicted molar refractivity (Wildman–Crippen MR) is 74.1 cm³/mol. The van der Waals surface area contributed by atoms with Crippen LogP contribution in [-0.4, -0.2) is 10.2 Å². The van der Waals surface area contributed by atoms with Crippen LogP contribution in [0.15, 0.2) is 35.7 Å². The van der Waals surface area contributed by atoms with Gasteiger partial charge in [-0.2, -0.15) is 5.26 Å². The molecule has 3 rings (SSSR count). The van der Waals surface area contributed by atoms with Crippen molar-refractivity contribution in [2.75, 3.05) is 0 Å². The van der Waals surface area contributed by atoms with Gasteiger partial charge in [0.1, 0.15) is 11.6 Å². The number of aryl methyl sites for hydroxylation is 1. The normalized spacial score (nSPS) is 17.4. The molecule has 20 heavy (non-hydrogen) atoms. The Morgan fingerprint density at radius 1 is 1.40 bits per heavy atom. The van der Waals surface area contributed by atoms with E-state index >= 15 is 0 Å². The van der Waals surface area contributed by atoms with E-state index in [1.807, 2.05) is 19.1 Å². The zero-order chi connectivity index (χ0) is 14.3. The molecule has 0 amide bonds. The second kappa shape index (κ2) is 4.58. The third kappa shape index (κ3) is 1.82. The van der Waals surface area contributed by atoms with Crippen LogP contribution in [0.5, 0.6) is 5.88 Å². The molecule has 1 aliphatic rings. The largest absolute Gasteiger partial charge is 0.420 e. The Hall–Kier alpha value is -2.45. The van der Waals surface area contributed by atoms with E-state index in [1.54, 1.807) is 12.1 Å². The molecule has 0 unspecified atom stereocenters. The second-order valence-electron chi connectivity index (χ2n) is 4.54. The number of hydrogen-bond acceptors (Lipinski definition) is 4. The van der Waals surface area contributed by atoms with Gasteiger partial charge in [-0.05, 0) is 24.6 Å². The highest BCUT2D eigenvalue weighted by Gasteiger charge is 2.33. The van der Waals surface area contributed by atoms with Crippen molar-refractivity contribution in [1.29, 1.82) is 5.26 Å². The molecule has 5 nitrogen and oxygen atoms in total. The molecule has 6 heteroatoms. The fraction of sp³-hybridized carbons (Fsp3) is 0.143. The summed E-state index contributed by atoms with van der Waals surface area (Å²) in [5.41, 5.74) is 8.80. The molecule has 0 saturated carbocycles. The number of hydrogen-bond donors (Lipinski definition) is 2. The first-order valence-corrected chi connectivity index (χ1v) is 6.37. The van der Waals surface area contributed by atoms with Gasteiger partial charge in [0.05, 0.1) is 5.92 Å². The smallest absolute Gasteiger partial charge is 0.244 e. The van der Waals surface area contributed by atoms with Gasteiger partial charge in [-0.15, -0.1) is 5.10 Å². The van der Waals surface area contributed by atoms with Crippen LogP contribution in [0.3, 0.4) is 0 Å². The quantitative estimate of drug-likeness (QED) is 0.843. The van der Waals surface area contributed by atoms with Crippen molar-refractivity contribution in [3.63, 3.8) is 0 Å². The number of ether oxygens (including phenoxy) is 1. The van der Waals surface area contributed by atoms with Crippen molar-refractivity contribution in [3.05, 3.63) is 57.6 Å².